The molecule has 102 valence electrons. The van der Waals surface area contributed by atoms with Crippen LogP contribution < -0.4 is 5.32 Å². The average Bonchev–Trinajstić information content (AvgIpc) is 2.90. The van der Waals surface area contributed by atoms with E-state index in [1.54, 1.807) is 0 Å². The molecule has 3 heteroatoms. The smallest absolute Gasteiger partial charge is 0.134 e. The second kappa shape index (κ2) is 5.76. The molecule has 0 radical (unpaired) electrons. The zero-order valence-electron chi connectivity index (χ0n) is 11.4. The molecule has 2 heterocycles. The van der Waals surface area contributed by atoms with Gasteiger partial charge in [-0.25, -0.2) is 0 Å². The van der Waals surface area contributed by atoms with E-state index in [1.807, 2.05) is 18.2 Å². The molecule has 0 spiro atoms. The maximum Gasteiger partial charge on any atom is 0.134 e. The molecule has 2 unspecified atom stereocenters. The fourth-order valence-corrected chi connectivity index (χ4v) is 2.59. The summed E-state index contributed by atoms with van der Waals surface area (Å²) in [7, 11) is 0. The molecule has 1 N–H and O–H groups in total. The SMILES string of the molecule is CC(NCC1CCCCO1)c1cc2ccccc2o1. The van der Waals surface area contributed by atoms with E-state index >= 15 is 0 Å². The van der Waals surface area contributed by atoms with Gasteiger partial charge in [-0.05, 0) is 38.3 Å². The van der Waals surface area contributed by atoms with Crippen molar-refractivity contribution < 1.29 is 9.15 Å². The molecule has 0 bridgehead atoms. The summed E-state index contributed by atoms with van der Waals surface area (Å²) in [5.74, 6) is 0.997. The molecule has 3 rings (SSSR count). The van der Waals surface area contributed by atoms with Crippen molar-refractivity contribution >= 4 is 11.0 Å². The van der Waals surface area contributed by atoms with Crippen molar-refractivity contribution in [1.82, 2.24) is 5.32 Å². The molecule has 19 heavy (non-hydrogen) atoms. The fourth-order valence-electron chi connectivity index (χ4n) is 2.59. The van der Waals surface area contributed by atoms with E-state index < -0.39 is 0 Å². The normalized spacial score (nSPS) is 21.6. The minimum atomic E-state index is 0.220. The van der Waals surface area contributed by atoms with E-state index in [1.165, 1.54) is 24.6 Å². The molecule has 1 aromatic heterocycles. The summed E-state index contributed by atoms with van der Waals surface area (Å²) in [5.41, 5.74) is 0.958. The number of benzene rings is 1. The third-order valence-electron chi connectivity index (χ3n) is 3.80. The minimum Gasteiger partial charge on any atom is -0.459 e. The first-order valence-corrected chi connectivity index (χ1v) is 7.16. The maximum absolute atomic E-state index is 5.87. The van der Waals surface area contributed by atoms with Gasteiger partial charge in [-0.3, -0.25) is 0 Å². The Morgan fingerprint density at radius 3 is 3.00 bits per heavy atom. The number of nitrogens with one attached hydrogen (secondary N) is 1. The van der Waals surface area contributed by atoms with Crippen LogP contribution in [-0.2, 0) is 4.74 Å². The third-order valence-corrected chi connectivity index (χ3v) is 3.80. The maximum atomic E-state index is 5.87. The zero-order chi connectivity index (χ0) is 13.1. The topological polar surface area (TPSA) is 34.4 Å². The van der Waals surface area contributed by atoms with Gasteiger partial charge >= 0.3 is 0 Å². The number of ether oxygens (including phenoxy) is 1. The van der Waals surface area contributed by atoms with Gasteiger partial charge in [0.2, 0.25) is 0 Å². The fraction of sp³-hybridized carbons (Fsp3) is 0.500. The molecule has 0 saturated carbocycles. The summed E-state index contributed by atoms with van der Waals surface area (Å²) in [6, 6.07) is 10.5. The van der Waals surface area contributed by atoms with Crippen LogP contribution in [0.2, 0.25) is 0 Å². The number of hydrogen-bond donors (Lipinski definition) is 1. The quantitative estimate of drug-likeness (QED) is 0.910. The third kappa shape index (κ3) is 2.99. The van der Waals surface area contributed by atoms with Crippen LogP contribution in [0, 0.1) is 0 Å². The van der Waals surface area contributed by atoms with Crippen LogP contribution in [-0.4, -0.2) is 19.3 Å². The average molecular weight is 259 g/mol. The van der Waals surface area contributed by atoms with Crippen LogP contribution in [0.1, 0.15) is 38.0 Å². The van der Waals surface area contributed by atoms with Gasteiger partial charge in [-0.1, -0.05) is 18.2 Å². The lowest BCUT2D eigenvalue weighted by Gasteiger charge is -2.24. The van der Waals surface area contributed by atoms with E-state index in [9.17, 15) is 0 Å². The predicted octanol–water partition coefficient (Wildman–Crippen LogP) is 3.65. The van der Waals surface area contributed by atoms with Gasteiger partial charge in [0.05, 0.1) is 12.1 Å². The first-order chi connectivity index (χ1) is 9.33. The number of para-hydroxylation sites is 1. The van der Waals surface area contributed by atoms with Crippen molar-refractivity contribution in [2.45, 2.75) is 38.3 Å². The van der Waals surface area contributed by atoms with Crippen LogP contribution >= 0.6 is 0 Å². The van der Waals surface area contributed by atoms with E-state index in [4.69, 9.17) is 9.15 Å². The highest BCUT2D eigenvalue weighted by Crippen LogP contribution is 2.23. The van der Waals surface area contributed by atoms with Crippen LogP contribution in [0.15, 0.2) is 34.7 Å². The van der Waals surface area contributed by atoms with Crippen LogP contribution in [0.3, 0.4) is 0 Å². The van der Waals surface area contributed by atoms with Crippen molar-refractivity contribution in [2.75, 3.05) is 13.2 Å². The molecule has 2 aromatic rings. The lowest BCUT2D eigenvalue weighted by atomic mass is 10.1. The number of hydrogen-bond acceptors (Lipinski definition) is 3. The van der Waals surface area contributed by atoms with Gasteiger partial charge < -0.3 is 14.5 Å². The highest BCUT2D eigenvalue weighted by Gasteiger charge is 2.16. The summed E-state index contributed by atoms with van der Waals surface area (Å²) in [4.78, 5) is 0. The predicted molar refractivity (Wildman–Crippen MR) is 76.2 cm³/mol. The molecule has 0 amide bonds. The lowest BCUT2D eigenvalue weighted by molar-refractivity contribution is 0.0153. The molecule has 1 aliphatic heterocycles. The summed E-state index contributed by atoms with van der Waals surface area (Å²) in [5, 5.41) is 4.68. The summed E-state index contributed by atoms with van der Waals surface area (Å²) in [6.07, 6.45) is 4.02. The van der Waals surface area contributed by atoms with E-state index in [0.717, 1.165) is 24.5 Å². The Morgan fingerprint density at radius 2 is 2.21 bits per heavy atom. The first-order valence-electron chi connectivity index (χ1n) is 7.16. The van der Waals surface area contributed by atoms with Crippen LogP contribution in [0.4, 0.5) is 0 Å². The first kappa shape index (κ1) is 12.7. The number of rotatable bonds is 4. The molecule has 3 nitrogen and oxygen atoms in total. The summed E-state index contributed by atoms with van der Waals surface area (Å²) in [6.45, 7) is 3.95. The lowest BCUT2D eigenvalue weighted by Crippen LogP contribution is -2.33. The molecule has 0 aliphatic carbocycles. The van der Waals surface area contributed by atoms with Crippen molar-refractivity contribution in [3.8, 4) is 0 Å². The Balaban J connectivity index is 1.61. The molecule has 1 aromatic carbocycles. The van der Waals surface area contributed by atoms with Gasteiger partial charge in [-0.15, -0.1) is 0 Å². The van der Waals surface area contributed by atoms with Crippen LogP contribution in [0.25, 0.3) is 11.0 Å². The highest BCUT2D eigenvalue weighted by atomic mass is 16.5. The minimum absolute atomic E-state index is 0.220. The molecular weight excluding hydrogens is 238 g/mol. The Kier molecular flexibility index (Phi) is 3.85. The Morgan fingerprint density at radius 1 is 1.32 bits per heavy atom. The van der Waals surface area contributed by atoms with E-state index in [2.05, 4.69) is 24.4 Å². The van der Waals surface area contributed by atoms with Crippen molar-refractivity contribution in [2.24, 2.45) is 0 Å². The second-order valence-corrected chi connectivity index (χ2v) is 5.31. The highest BCUT2D eigenvalue weighted by molar-refractivity contribution is 5.77. The Labute approximate surface area is 113 Å². The van der Waals surface area contributed by atoms with E-state index in [-0.39, 0.29) is 6.04 Å². The standard InChI is InChI=1S/C16H21NO2/c1-12(17-11-14-7-4-5-9-18-14)16-10-13-6-2-3-8-15(13)19-16/h2-3,6,8,10,12,14,17H,4-5,7,9,11H2,1H3. The van der Waals surface area contributed by atoms with Crippen LogP contribution in [0.5, 0.6) is 0 Å². The molecule has 1 aliphatic rings. The molecule has 2 atom stereocenters. The Bertz CT molecular complexity index is 495. The summed E-state index contributed by atoms with van der Waals surface area (Å²) >= 11 is 0. The summed E-state index contributed by atoms with van der Waals surface area (Å²) < 4.78 is 11.6. The van der Waals surface area contributed by atoms with Gasteiger partial charge in [-0.2, -0.15) is 0 Å². The van der Waals surface area contributed by atoms with E-state index in [0.29, 0.717) is 6.10 Å². The van der Waals surface area contributed by atoms with Gasteiger partial charge in [0, 0.05) is 18.5 Å². The molecular formula is C16H21NO2. The van der Waals surface area contributed by atoms with Crippen molar-refractivity contribution in [3.63, 3.8) is 0 Å². The van der Waals surface area contributed by atoms with Crippen molar-refractivity contribution in [3.05, 3.63) is 36.1 Å². The zero-order valence-corrected chi connectivity index (χ0v) is 11.4. The Hall–Kier alpha value is -1.32. The van der Waals surface area contributed by atoms with Crippen molar-refractivity contribution in [1.29, 1.82) is 0 Å². The number of fused-ring (bicyclic) bond motifs is 1. The molecule has 1 fully saturated rings. The van der Waals surface area contributed by atoms with Gasteiger partial charge in [0.15, 0.2) is 0 Å². The van der Waals surface area contributed by atoms with Gasteiger partial charge in [0.25, 0.3) is 0 Å². The van der Waals surface area contributed by atoms with Gasteiger partial charge in [0.1, 0.15) is 11.3 Å². The second-order valence-electron chi connectivity index (χ2n) is 5.31. The molecule has 1 saturated heterocycles. The largest absolute Gasteiger partial charge is 0.459 e. The monoisotopic (exact) mass is 259 g/mol. The number of furan rings is 1.